The topological polar surface area (TPSA) is 77.2 Å². The zero-order valence-electron chi connectivity index (χ0n) is 9.69. The fraction of sp³-hybridized carbons (Fsp3) is 0.500. The van der Waals surface area contributed by atoms with Crippen LogP contribution in [0.3, 0.4) is 0 Å². The van der Waals surface area contributed by atoms with Gasteiger partial charge in [0.1, 0.15) is 5.69 Å². The molecule has 92 valence electrons. The number of hydrogen-bond donors (Lipinski definition) is 2. The van der Waals surface area contributed by atoms with Crippen LogP contribution in [-0.4, -0.2) is 30.1 Å². The molecule has 0 bridgehead atoms. The maximum absolute atomic E-state index is 11.9. The fourth-order valence-electron chi connectivity index (χ4n) is 1.78. The van der Waals surface area contributed by atoms with E-state index in [4.69, 9.17) is 10.5 Å². The summed E-state index contributed by atoms with van der Waals surface area (Å²) < 4.78 is 5.24. The Hall–Kier alpha value is -1.46. The van der Waals surface area contributed by atoms with Crippen LogP contribution in [-0.2, 0) is 11.3 Å². The van der Waals surface area contributed by atoms with Gasteiger partial charge in [-0.2, -0.15) is 0 Å². The van der Waals surface area contributed by atoms with Crippen molar-refractivity contribution in [1.82, 2.24) is 10.3 Å². The van der Waals surface area contributed by atoms with Gasteiger partial charge in [0.2, 0.25) is 0 Å². The lowest BCUT2D eigenvalue weighted by Crippen LogP contribution is -2.39. The number of nitrogens with one attached hydrogen (secondary N) is 1. The molecule has 0 aromatic carbocycles. The van der Waals surface area contributed by atoms with E-state index in [1.165, 1.54) is 0 Å². The highest BCUT2D eigenvalue weighted by molar-refractivity contribution is 5.92. The van der Waals surface area contributed by atoms with E-state index in [2.05, 4.69) is 10.3 Å². The molecule has 5 heteroatoms. The van der Waals surface area contributed by atoms with Crippen molar-refractivity contribution < 1.29 is 9.53 Å². The molecule has 0 unspecified atom stereocenters. The zero-order chi connectivity index (χ0) is 12.1. The summed E-state index contributed by atoms with van der Waals surface area (Å²) in [4.78, 5) is 16.0. The summed E-state index contributed by atoms with van der Waals surface area (Å²) in [5.74, 6) is -0.125. The number of pyridine rings is 1. The average Bonchev–Trinajstić information content (AvgIpc) is 2.40. The second-order valence-electron chi connectivity index (χ2n) is 4.12. The Kier molecular flexibility index (Phi) is 4.06. The van der Waals surface area contributed by atoms with Crippen LogP contribution < -0.4 is 11.1 Å². The molecule has 0 radical (unpaired) electrons. The van der Waals surface area contributed by atoms with Crippen molar-refractivity contribution in [3.8, 4) is 0 Å². The third kappa shape index (κ3) is 3.25. The molecule has 1 fully saturated rings. The van der Waals surface area contributed by atoms with Crippen LogP contribution in [0.5, 0.6) is 0 Å². The van der Waals surface area contributed by atoms with Gasteiger partial charge in [0.15, 0.2) is 0 Å². The monoisotopic (exact) mass is 235 g/mol. The number of aromatic nitrogens is 1. The Labute approximate surface area is 100 Å². The Morgan fingerprint density at radius 3 is 2.82 bits per heavy atom. The second kappa shape index (κ2) is 5.75. The van der Waals surface area contributed by atoms with Crippen molar-refractivity contribution in [1.29, 1.82) is 0 Å². The SMILES string of the molecule is NCc1ccc(C(=O)NC2CCOCC2)nc1. The molecule has 5 nitrogen and oxygen atoms in total. The summed E-state index contributed by atoms with van der Waals surface area (Å²) in [7, 11) is 0. The molecule has 1 aromatic heterocycles. The lowest BCUT2D eigenvalue weighted by Gasteiger charge is -2.22. The normalized spacial score (nSPS) is 16.8. The molecule has 17 heavy (non-hydrogen) atoms. The van der Waals surface area contributed by atoms with Gasteiger partial charge in [-0.05, 0) is 24.5 Å². The first kappa shape index (κ1) is 12.0. The van der Waals surface area contributed by atoms with Crippen molar-refractivity contribution in [2.24, 2.45) is 5.73 Å². The summed E-state index contributed by atoms with van der Waals surface area (Å²) in [5.41, 5.74) is 6.83. The van der Waals surface area contributed by atoms with E-state index in [0.717, 1.165) is 18.4 Å². The molecule has 3 N–H and O–H groups in total. The average molecular weight is 235 g/mol. The number of amides is 1. The fourth-order valence-corrected chi connectivity index (χ4v) is 1.78. The highest BCUT2D eigenvalue weighted by atomic mass is 16.5. The molecule has 0 spiro atoms. The standard InChI is InChI=1S/C12H17N3O2/c13-7-9-1-2-11(14-8-9)12(16)15-10-3-5-17-6-4-10/h1-2,8,10H,3-7,13H2,(H,15,16). The predicted molar refractivity (Wildman–Crippen MR) is 63.4 cm³/mol. The lowest BCUT2D eigenvalue weighted by atomic mass is 10.1. The Morgan fingerprint density at radius 1 is 1.47 bits per heavy atom. The molecule has 1 saturated heterocycles. The quantitative estimate of drug-likeness (QED) is 0.797. The van der Waals surface area contributed by atoms with Crippen molar-refractivity contribution in [3.63, 3.8) is 0 Å². The molecule has 0 aliphatic carbocycles. The Bertz CT molecular complexity index is 372. The van der Waals surface area contributed by atoms with E-state index in [9.17, 15) is 4.79 Å². The molecule has 1 aliphatic rings. The smallest absolute Gasteiger partial charge is 0.270 e. The number of carbonyl (C=O) groups is 1. The third-order valence-corrected chi connectivity index (χ3v) is 2.85. The maximum atomic E-state index is 11.9. The first-order valence-corrected chi connectivity index (χ1v) is 5.83. The van der Waals surface area contributed by atoms with E-state index < -0.39 is 0 Å². The minimum atomic E-state index is -0.125. The second-order valence-corrected chi connectivity index (χ2v) is 4.12. The highest BCUT2D eigenvalue weighted by Gasteiger charge is 2.17. The summed E-state index contributed by atoms with van der Waals surface area (Å²) in [6, 6.07) is 3.73. The van der Waals surface area contributed by atoms with Gasteiger partial charge in [-0.25, -0.2) is 0 Å². The zero-order valence-corrected chi connectivity index (χ0v) is 9.69. The summed E-state index contributed by atoms with van der Waals surface area (Å²) in [6.07, 6.45) is 3.37. The minimum absolute atomic E-state index is 0.125. The van der Waals surface area contributed by atoms with Gasteiger partial charge in [0.05, 0.1) is 0 Å². The minimum Gasteiger partial charge on any atom is -0.381 e. The van der Waals surface area contributed by atoms with Crippen molar-refractivity contribution >= 4 is 5.91 Å². The van der Waals surface area contributed by atoms with Crippen LogP contribution in [0.25, 0.3) is 0 Å². The number of rotatable bonds is 3. The molecule has 1 aliphatic heterocycles. The number of nitrogens with two attached hydrogens (primary N) is 1. The van der Waals surface area contributed by atoms with Crippen LogP contribution in [0.1, 0.15) is 28.9 Å². The van der Waals surface area contributed by atoms with Crippen LogP contribution in [0.4, 0.5) is 0 Å². The van der Waals surface area contributed by atoms with Crippen LogP contribution >= 0.6 is 0 Å². The number of ether oxygens (including phenoxy) is 1. The van der Waals surface area contributed by atoms with Gasteiger partial charge >= 0.3 is 0 Å². The molecule has 0 atom stereocenters. The maximum Gasteiger partial charge on any atom is 0.270 e. The first-order chi connectivity index (χ1) is 8.29. The van der Waals surface area contributed by atoms with Gasteiger partial charge in [0.25, 0.3) is 5.91 Å². The largest absolute Gasteiger partial charge is 0.381 e. The van der Waals surface area contributed by atoms with Gasteiger partial charge in [-0.1, -0.05) is 6.07 Å². The number of hydrogen-bond acceptors (Lipinski definition) is 4. The molecular weight excluding hydrogens is 218 g/mol. The van der Waals surface area contributed by atoms with Crippen LogP contribution in [0, 0.1) is 0 Å². The Morgan fingerprint density at radius 2 is 2.24 bits per heavy atom. The summed E-state index contributed by atoms with van der Waals surface area (Å²) in [6.45, 7) is 1.86. The van der Waals surface area contributed by atoms with Crippen LogP contribution in [0.15, 0.2) is 18.3 Å². The molecule has 1 aromatic rings. The number of nitrogens with zero attached hydrogens (tertiary/aromatic N) is 1. The molecular formula is C12H17N3O2. The third-order valence-electron chi connectivity index (χ3n) is 2.85. The molecule has 2 rings (SSSR count). The highest BCUT2D eigenvalue weighted by Crippen LogP contribution is 2.07. The van der Waals surface area contributed by atoms with Crippen LogP contribution in [0.2, 0.25) is 0 Å². The van der Waals surface area contributed by atoms with E-state index in [-0.39, 0.29) is 11.9 Å². The summed E-state index contributed by atoms with van der Waals surface area (Å²) in [5, 5.41) is 2.96. The van der Waals surface area contributed by atoms with Crippen molar-refractivity contribution in [2.75, 3.05) is 13.2 Å². The molecule has 1 amide bonds. The van der Waals surface area contributed by atoms with E-state index in [1.807, 2.05) is 6.07 Å². The van der Waals surface area contributed by atoms with Crippen molar-refractivity contribution in [2.45, 2.75) is 25.4 Å². The van der Waals surface area contributed by atoms with Gasteiger partial charge in [-0.15, -0.1) is 0 Å². The Balaban J connectivity index is 1.93. The number of carbonyl (C=O) groups excluding carboxylic acids is 1. The molecule has 0 saturated carbocycles. The van der Waals surface area contributed by atoms with Gasteiger partial charge < -0.3 is 15.8 Å². The first-order valence-electron chi connectivity index (χ1n) is 5.83. The van der Waals surface area contributed by atoms with Gasteiger partial charge in [-0.3, -0.25) is 9.78 Å². The van der Waals surface area contributed by atoms with E-state index in [0.29, 0.717) is 25.5 Å². The van der Waals surface area contributed by atoms with E-state index in [1.54, 1.807) is 12.3 Å². The summed E-state index contributed by atoms with van der Waals surface area (Å²) >= 11 is 0. The van der Waals surface area contributed by atoms with Crippen molar-refractivity contribution in [3.05, 3.63) is 29.6 Å². The lowest BCUT2D eigenvalue weighted by molar-refractivity contribution is 0.0694. The molecule has 2 heterocycles. The van der Waals surface area contributed by atoms with Gasteiger partial charge in [0, 0.05) is 32.0 Å². The predicted octanol–water partition coefficient (Wildman–Crippen LogP) is 0.449. The van der Waals surface area contributed by atoms with E-state index >= 15 is 0 Å².